The molecule has 0 atom stereocenters. The van der Waals surface area contributed by atoms with Crippen LogP contribution >= 0.6 is 15.9 Å². The predicted molar refractivity (Wildman–Crippen MR) is 79.8 cm³/mol. The first-order valence-corrected chi connectivity index (χ1v) is 6.71. The highest BCUT2D eigenvalue weighted by Gasteiger charge is 2.14. The number of nitrogens with one attached hydrogen (secondary N) is 1. The summed E-state index contributed by atoms with van der Waals surface area (Å²) >= 11 is 3.17. The van der Waals surface area contributed by atoms with Crippen LogP contribution in [0.3, 0.4) is 0 Å². The molecular formula is C15H13BrFNO2. The van der Waals surface area contributed by atoms with Gasteiger partial charge in [0, 0.05) is 4.47 Å². The maximum Gasteiger partial charge on any atom is 0.259 e. The highest BCUT2D eigenvalue weighted by molar-refractivity contribution is 9.10. The largest absolute Gasteiger partial charge is 0.496 e. The summed E-state index contributed by atoms with van der Waals surface area (Å²) in [6.45, 7) is 1.87. The van der Waals surface area contributed by atoms with Crippen molar-refractivity contribution in [3.8, 4) is 5.75 Å². The standard InChI is InChI=1S/C15H13BrFNO2/c1-9-3-6-14(20-2)11(7-9)15(19)18-13-5-4-10(16)8-12(13)17/h3-8H,1-2H3,(H,18,19). The van der Waals surface area contributed by atoms with Crippen molar-refractivity contribution in [1.29, 1.82) is 0 Å². The van der Waals surface area contributed by atoms with Gasteiger partial charge in [-0.1, -0.05) is 27.6 Å². The highest BCUT2D eigenvalue weighted by atomic mass is 79.9. The van der Waals surface area contributed by atoms with Gasteiger partial charge in [-0.3, -0.25) is 4.79 Å². The van der Waals surface area contributed by atoms with Crippen LogP contribution in [0.2, 0.25) is 0 Å². The van der Waals surface area contributed by atoms with Gasteiger partial charge in [0.1, 0.15) is 11.6 Å². The number of ether oxygens (including phenoxy) is 1. The van der Waals surface area contributed by atoms with Crippen LogP contribution in [-0.2, 0) is 0 Å². The lowest BCUT2D eigenvalue weighted by atomic mass is 10.1. The molecule has 2 rings (SSSR count). The summed E-state index contributed by atoms with van der Waals surface area (Å²) < 4.78 is 19.5. The van der Waals surface area contributed by atoms with E-state index >= 15 is 0 Å². The number of methoxy groups -OCH3 is 1. The first-order chi connectivity index (χ1) is 9.51. The van der Waals surface area contributed by atoms with E-state index in [1.54, 1.807) is 18.2 Å². The number of hydrogen-bond acceptors (Lipinski definition) is 2. The minimum Gasteiger partial charge on any atom is -0.496 e. The monoisotopic (exact) mass is 337 g/mol. The second-order valence-electron chi connectivity index (χ2n) is 4.28. The van der Waals surface area contributed by atoms with Crippen LogP contribution in [-0.4, -0.2) is 13.0 Å². The van der Waals surface area contributed by atoms with Gasteiger partial charge in [0.15, 0.2) is 0 Å². The van der Waals surface area contributed by atoms with Gasteiger partial charge in [-0.25, -0.2) is 4.39 Å². The number of amides is 1. The first kappa shape index (κ1) is 14.5. The molecule has 0 radical (unpaired) electrons. The van der Waals surface area contributed by atoms with Crippen LogP contribution in [0.1, 0.15) is 15.9 Å². The zero-order chi connectivity index (χ0) is 14.7. The molecule has 3 nitrogen and oxygen atoms in total. The average Bonchev–Trinajstić information content (AvgIpc) is 2.41. The van der Waals surface area contributed by atoms with E-state index in [4.69, 9.17) is 4.74 Å². The highest BCUT2D eigenvalue weighted by Crippen LogP contribution is 2.23. The van der Waals surface area contributed by atoms with Crippen molar-refractivity contribution in [1.82, 2.24) is 0 Å². The lowest BCUT2D eigenvalue weighted by molar-refractivity contribution is 0.102. The summed E-state index contributed by atoms with van der Waals surface area (Å²) in [5.41, 5.74) is 1.42. The molecule has 2 aromatic carbocycles. The van der Waals surface area contributed by atoms with Crippen molar-refractivity contribution < 1.29 is 13.9 Å². The summed E-state index contributed by atoms with van der Waals surface area (Å²) in [5.74, 6) is -0.461. The molecule has 2 aromatic rings. The molecule has 0 saturated heterocycles. The number of rotatable bonds is 3. The molecule has 20 heavy (non-hydrogen) atoms. The van der Waals surface area contributed by atoms with Crippen LogP contribution in [0.25, 0.3) is 0 Å². The van der Waals surface area contributed by atoms with E-state index < -0.39 is 11.7 Å². The summed E-state index contributed by atoms with van der Waals surface area (Å²) in [6, 6.07) is 9.71. The van der Waals surface area contributed by atoms with E-state index in [0.29, 0.717) is 15.8 Å². The molecule has 0 aliphatic heterocycles. The van der Waals surface area contributed by atoms with E-state index in [2.05, 4.69) is 21.2 Å². The van der Waals surface area contributed by atoms with Gasteiger partial charge in [0.05, 0.1) is 18.4 Å². The van der Waals surface area contributed by atoms with Gasteiger partial charge in [0.2, 0.25) is 0 Å². The van der Waals surface area contributed by atoms with E-state index in [1.165, 1.54) is 19.2 Å². The number of halogens is 2. The SMILES string of the molecule is COc1ccc(C)cc1C(=O)Nc1ccc(Br)cc1F. The summed E-state index contributed by atoms with van der Waals surface area (Å²) in [4.78, 5) is 12.2. The third kappa shape index (κ3) is 3.17. The normalized spacial score (nSPS) is 10.2. The van der Waals surface area contributed by atoms with Crippen LogP contribution in [0.5, 0.6) is 5.75 Å². The Balaban J connectivity index is 2.30. The van der Waals surface area contributed by atoms with Gasteiger partial charge in [-0.05, 0) is 37.3 Å². The zero-order valence-electron chi connectivity index (χ0n) is 11.0. The fraction of sp³-hybridized carbons (Fsp3) is 0.133. The van der Waals surface area contributed by atoms with Gasteiger partial charge in [-0.15, -0.1) is 0 Å². The number of hydrogen-bond donors (Lipinski definition) is 1. The third-order valence-electron chi connectivity index (χ3n) is 2.78. The van der Waals surface area contributed by atoms with Crippen LogP contribution in [0, 0.1) is 12.7 Å². The van der Waals surface area contributed by atoms with Crippen molar-refractivity contribution in [2.24, 2.45) is 0 Å². The minimum absolute atomic E-state index is 0.127. The molecule has 0 fully saturated rings. The van der Waals surface area contributed by atoms with E-state index in [9.17, 15) is 9.18 Å². The maximum atomic E-state index is 13.7. The molecule has 0 aliphatic carbocycles. The van der Waals surface area contributed by atoms with Crippen molar-refractivity contribution in [3.05, 3.63) is 57.8 Å². The molecule has 0 heterocycles. The van der Waals surface area contributed by atoms with Gasteiger partial charge in [-0.2, -0.15) is 0 Å². The molecule has 0 saturated carbocycles. The Labute approximate surface area is 124 Å². The van der Waals surface area contributed by atoms with Crippen LogP contribution in [0.4, 0.5) is 10.1 Å². The summed E-state index contributed by atoms with van der Waals surface area (Å²) in [5, 5.41) is 2.54. The van der Waals surface area contributed by atoms with E-state index in [1.807, 2.05) is 13.0 Å². The molecule has 0 aliphatic rings. The van der Waals surface area contributed by atoms with E-state index in [-0.39, 0.29) is 5.69 Å². The summed E-state index contributed by atoms with van der Waals surface area (Å²) in [7, 11) is 1.49. The minimum atomic E-state index is -0.501. The van der Waals surface area contributed by atoms with Gasteiger partial charge >= 0.3 is 0 Å². The maximum absolute atomic E-state index is 13.7. The Bertz CT molecular complexity index is 658. The van der Waals surface area contributed by atoms with E-state index in [0.717, 1.165) is 5.56 Å². The van der Waals surface area contributed by atoms with Crippen molar-refractivity contribution >= 4 is 27.5 Å². The zero-order valence-corrected chi connectivity index (χ0v) is 12.6. The second-order valence-corrected chi connectivity index (χ2v) is 5.20. The quantitative estimate of drug-likeness (QED) is 0.913. The Morgan fingerprint density at radius 2 is 2.00 bits per heavy atom. The molecule has 1 N–H and O–H groups in total. The number of carbonyl (C=O) groups excluding carboxylic acids is 1. The molecule has 0 unspecified atom stereocenters. The molecule has 0 bridgehead atoms. The van der Waals surface area contributed by atoms with Gasteiger partial charge in [0.25, 0.3) is 5.91 Å². The van der Waals surface area contributed by atoms with Crippen molar-refractivity contribution in [3.63, 3.8) is 0 Å². The lowest BCUT2D eigenvalue weighted by Gasteiger charge is -2.11. The molecule has 104 valence electrons. The fourth-order valence-corrected chi connectivity index (χ4v) is 2.11. The second kappa shape index (κ2) is 6.05. The van der Waals surface area contributed by atoms with Gasteiger partial charge < -0.3 is 10.1 Å². The molecule has 1 amide bonds. The Kier molecular flexibility index (Phi) is 4.39. The van der Waals surface area contributed by atoms with Crippen molar-refractivity contribution in [2.75, 3.05) is 12.4 Å². The lowest BCUT2D eigenvalue weighted by Crippen LogP contribution is -2.14. The third-order valence-corrected chi connectivity index (χ3v) is 3.27. The first-order valence-electron chi connectivity index (χ1n) is 5.92. The number of benzene rings is 2. The molecule has 0 aromatic heterocycles. The average molecular weight is 338 g/mol. The summed E-state index contributed by atoms with van der Waals surface area (Å²) in [6.07, 6.45) is 0. The van der Waals surface area contributed by atoms with Crippen LogP contribution < -0.4 is 10.1 Å². The van der Waals surface area contributed by atoms with Crippen LogP contribution in [0.15, 0.2) is 40.9 Å². The molecule has 5 heteroatoms. The topological polar surface area (TPSA) is 38.3 Å². The van der Waals surface area contributed by atoms with Crippen molar-refractivity contribution in [2.45, 2.75) is 6.92 Å². The Morgan fingerprint density at radius 3 is 2.65 bits per heavy atom. The Hall–Kier alpha value is -1.88. The molecule has 0 spiro atoms. The smallest absolute Gasteiger partial charge is 0.259 e. The Morgan fingerprint density at radius 1 is 1.25 bits per heavy atom. The number of aryl methyl sites for hydroxylation is 1. The predicted octanol–water partition coefficient (Wildman–Crippen LogP) is 4.16. The number of carbonyl (C=O) groups is 1. The molecular weight excluding hydrogens is 325 g/mol. The number of anilines is 1. The fourth-order valence-electron chi connectivity index (χ4n) is 1.78.